The molecule has 2 aliphatic rings. The van der Waals surface area contributed by atoms with Crippen molar-refractivity contribution in [2.45, 2.75) is 6.29 Å². The van der Waals surface area contributed by atoms with Gasteiger partial charge in [0.2, 0.25) is 6.29 Å². The number of aliphatic hydroxyl groups is 1. The second-order valence-electron chi connectivity index (χ2n) is 6.11. The van der Waals surface area contributed by atoms with Crippen molar-refractivity contribution in [3.63, 3.8) is 0 Å². The smallest absolute Gasteiger partial charge is 0.225 e. The van der Waals surface area contributed by atoms with Gasteiger partial charge in [0, 0.05) is 67.0 Å². The molecular weight excluding hydrogens is 318 g/mol. The lowest BCUT2D eigenvalue weighted by atomic mass is 10.00. The van der Waals surface area contributed by atoms with E-state index in [1.807, 2.05) is 18.2 Å². The van der Waals surface area contributed by atoms with Crippen molar-refractivity contribution in [3.8, 4) is 11.5 Å². The molecule has 6 heteroatoms. The molecule has 6 nitrogen and oxygen atoms in total. The van der Waals surface area contributed by atoms with Gasteiger partial charge >= 0.3 is 0 Å². The number of nitrogens with one attached hydrogen (secondary N) is 1. The van der Waals surface area contributed by atoms with E-state index in [9.17, 15) is 5.11 Å². The molecule has 1 fully saturated rings. The fourth-order valence-corrected chi connectivity index (χ4v) is 3.27. The number of rotatable bonds is 3. The summed E-state index contributed by atoms with van der Waals surface area (Å²) in [6.07, 6.45) is 4.22. The number of aromatic nitrogens is 1. The van der Waals surface area contributed by atoms with E-state index in [4.69, 9.17) is 9.47 Å². The average molecular weight is 339 g/mol. The van der Waals surface area contributed by atoms with E-state index in [2.05, 4.69) is 21.3 Å². The SMILES string of the molecule is COc1ccncc1C1=Cc2ccc(N3CCNCC3)cc2OC1O. The Labute approximate surface area is 146 Å². The molecule has 4 rings (SSSR count). The van der Waals surface area contributed by atoms with E-state index in [1.165, 1.54) is 0 Å². The first kappa shape index (κ1) is 15.9. The zero-order chi connectivity index (χ0) is 17.2. The molecule has 1 atom stereocenters. The van der Waals surface area contributed by atoms with E-state index in [-0.39, 0.29) is 0 Å². The fraction of sp³-hybridized carbons (Fsp3) is 0.316. The molecule has 1 saturated heterocycles. The van der Waals surface area contributed by atoms with Crippen molar-refractivity contribution >= 4 is 17.3 Å². The monoisotopic (exact) mass is 339 g/mol. The Hall–Kier alpha value is -2.57. The molecule has 0 spiro atoms. The first-order valence-corrected chi connectivity index (χ1v) is 8.40. The van der Waals surface area contributed by atoms with Gasteiger partial charge in [0.15, 0.2) is 0 Å². The Morgan fingerprint density at radius 1 is 1.28 bits per heavy atom. The van der Waals surface area contributed by atoms with E-state index >= 15 is 0 Å². The molecule has 2 N–H and O–H groups in total. The molecule has 1 unspecified atom stereocenters. The minimum absolute atomic E-state index is 0.646. The van der Waals surface area contributed by atoms with Crippen LogP contribution >= 0.6 is 0 Å². The zero-order valence-corrected chi connectivity index (χ0v) is 14.1. The van der Waals surface area contributed by atoms with Crippen LogP contribution in [0.3, 0.4) is 0 Å². The molecule has 0 bridgehead atoms. The van der Waals surface area contributed by atoms with Gasteiger partial charge in [-0.15, -0.1) is 0 Å². The predicted octanol–water partition coefficient (Wildman–Crippen LogP) is 1.75. The van der Waals surface area contributed by atoms with Gasteiger partial charge in [0.25, 0.3) is 0 Å². The first-order valence-electron chi connectivity index (χ1n) is 8.40. The molecule has 2 aromatic rings. The number of piperazine rings is 1. The van der Waals surface area contributed by atoms with Crippen molar-refractivity contribution in [3.05, 3.63) is 47.8 Å². The van der Waals surface area contributed by atoms with Gasteiger partial charge in [-0.05, 0) is 24.3 Å². The van der Waals surface area contributed by atoms with Crippen LogP contribution in [0.1, 0.15) is 11.1 Å². The highest BCUT2D eigenvalue weighted by atomic mass is 16.6. The summed E-state index contributed by atoms with van der Waals surface area (Å²) in [4.78, 5) is 6.45. The number of methoxy groups -OCH3 is 1. The van der Waals surface area contributed by atoms with Gasteiger partial charge in [0.1, 0.15) is 11.5 Å². The van der Waals surface area contributed by atoms with Gasteiger partial charge < -0.3 is 24.8 Å². The number of ether oxygens (including phenoxy) is 2. The first-order chi connectivity index (χ1) is 12.3. The molecule has 3 heterocycles. The molecule has 130 valence electrons. The molecule has 0 saturated carbocycles. The van der Waals surface area contributed by atoms with Crippen LogP contribution in [-0.2, 0) is 0 Å². The van der Waals surface area contributed by atoms with Gasteiger partial charge in [-0.3, -0.25) is 4.98 Å². The highest BCUT2D eigenvalue weighted by Crippen LogP contribution is 2.38. The lowest BCUT2D eigenvalue weighted by Gasteiger charge is -2.31. The number of hydrogen-bond acceptors (Lipinski definition) is 6. The molecule has 25 heavy (non-hydrogen) atoms. The van der Waals surface area contributed by atoms with Gasteiger partial charge in [-0.1, -0.05) is 0 Å². The summed E-state index contributed by atoms with van der Waals surface area (Å²) >= 11 is 0. The molecule has 1 aromatic heterocycles. The molecular formula is C19H21N3O3. The molecule has 1 aromatic carbocycles. The Bertz CT molecular complexity index is 800. The summed E-state index contributed by atoms with van der Waals surface area (Å²) in [5, 5.41) is 13.8. The quantitative estimate of drug-likeness (QED) is 0.888. The van der Waals surface area contributed by atoms with Crippen LogP contribution in [0.2, 0.25) is 0 Å². The molecule has 0 radical (unpaired) electrons. The van der Waals surface area contributed by atoms with Crippen molar-refractivity contribution < 1.29 is 14.6 Å². The summed E-state index contributed by atoms with van der Waals surface area (Å²) in [6, 6.07) is 7.89. The summed E-state index contributed by atoms with van der Waals surface area (Å²) in [5.74, 6) is 1.35. The van der Waals surface area contributed by atoms with Crippen LogP contribution in [0.15, 0.2) is 36.7 Å². The number of hydrogen-bond donors (Lipinski definition) is 2. The average Bonchev–Trinajstić information content (AvgIpc) is 2.67. The maximum Gasteiger partial charge on any atom is 0.225 e. The minimum Gasteiger partial charge on any atom is -0.496 e. The van der Waals surface area contributed by atoms with Gasteiger partial charge in [0.05, 0.1) is 7.11 Å². The van der Waals surface area contributed by atoms with Crippen LogP contribution in [-0.4, -0.2) is 49.7 Å². The third-order valence-electron chi connectivity index (χ3n) is 4.61. The highest BCUT2D eigenvalue weighted by molar-refractivity contribution is 5.88. The second-order valence-corrected chi connectivity index (χ2v) is 6.11. The van der Waals surface area contributed by atoms with Crippen molar-refractivity contribution in [1.82, 2.24) is 10.3 Å². The Balaban J connectivity index is 1.69. The summed E-state index contributed by atoms with van der Waals surface area (Å²) in [5.41, 5.74) is 3.43. The third kappa shape index (κ3) is 3.06. The molecule has 2 aliphatic heterocycles. The minimum atomic E-state index is -1.05. The molecule has 0 aliphatic carbocycles. The maximum absolute atomic E-state index is 10.5. The largest absolute Gasteiger partial charge is 0.496 e. The normalized spacial score (nSPS) is 19.7. The number of anilines is 1. The van der Waals surface area contributed by atoms with Crippen LogP contribution in [0, 0.1) is 0 Å². The predicted molar refractivity (Wildman–Crippen MR) is 96.8 cm³/mol. The fourth-order valence-electron chi connectivity index (χ4n) is 3.27. The second kappa shape index (κ2) is 6.74. The van der Waals surface area contributed by atoms with Crippen molar-refractivity contribution in [2.75, 3.05) is 38.2 Å². The highest BCUT2D eigenvalue weighted by Gasteiger charge is 2.25. The number of pyridine rings is 1. The zero-order valence-electron chi connectivity index (χ0n) is 14.1. The van der Waals surface area contributed by atoms with Gasteiger partial charge in [-0.2, -0.15) is 0 Å². The Kier molecular flexibility index (Phi) is 4.29. The standard InChI is InChI=1S/C19H21N3O3/c1-24-17-4-5-21-12-16(17)15-10-13-2-3-14(11-18(13)25-19(15)23)22-8-6-20-7-9-22/h2-5,10-12,19-20,23H,6-9H2,1H3. The summed E-state index contributed by atoms with van der Waals surface area (Å²) < 4.78 is 11.2. The van der Waals surface area contributed by atoms with Crippen LogP contribution in [0.25, 0.3) is 11.6 Å². The van der Waals surface area contributed by atoms with Crippen molar-refractivity contribution in [1.29, 1.82) is 0 Å². The topological polar surface area (TPSA) is 66.9 Å². The summed E-state index contributed by atoms with van der Waals surface area (Å²) in [7, 11) is 1.60. The number of benzene rings is 1. The third-order valence-corrected chi connectivity index (χ3v) is 4.61. The summed E-state index contributed by atoms with van der Waals surface area (Å²) in [6.45, 7) is 3.89. The van der Waals surface area contributed by atoms with E-state index < -0.39 is 6.29 Å². The number of nitrogens with zero attached hydrogens (tertiary/aromatic N) is 2. The van der Waals surface area contributed by atoms with Crippen LogP contribution in [0.5, 0.6) is 11.5 Å². The van der Waals surface area contributed by atoms with Crippen LogP contribution in [0.4, 0.5) is 5.69 Å². The number of aliphatic hydroxyl groups excluding tert-OH is 1. The van der Waals surface area contributed by atoms with E-state index in [1.54, 1.807) is 25.6 Å². The van der Waals surface area contributed by atoms with Crippen molar-refractivity contribution in [2.24, 2.45) is 0 Å². The lowest BCUT2D eigenvalue weighted by Crippen LogP contribution is -2.43. The lowest BCUT2D eigenvalue weighted by molar-refractivity contribution is 0.0318. The van der Waals surface area contributed by atoms with Gasteiger partial charge in [-0.25, -0.2) is 0 Å². The van der Waals surface area contributed by atoms with E-state index in [0.717, 1.165) is 43.0 Å². The van der Waals surface area contributed by atoms with Crippen LogP contribution < -0.4 is 19.7 Å². The maximum atomic E-state index is 10.5. The molecule has 0 amide bonds. The number of fused-ring (bicyclic) bond motifs is 1. The van der Waals surface area contributed by atoms with E-state index in [0.29, 0.717) is 17.1 Å². The Morgan fingerprint density at radius 2 is 2.12 bits per heavy atom. The Morgan fingerprint density at radius 3 is 2.92 bits per heavy atom.